The monoisotopic (exact) mass is 438 g/mol. The molecule has 2 aromatic rings. The van der Waals surface area contributed by atoms with Gasteiger partial charge in [-0.15, -0.1) is 0 Å². The maximum atomic E-state index is 13.2. The number of carbonyl (C=O) groups excluding carboxylic acids is 2. The standard InChI is InChI=1S/C24H30N4O4/c1-15-21-18(25-26-23(30)17-7-4-5-9-19(17)29)8-6-10-20(21)32-22(15)24(31)28(3)16-11-13-27(2)14-12-16/h4-5,7,9,16,29H,6,8,10-14H2,1-3H3,(H,26,30)/b25-18+. The van der Waals surface area contributed by atoms with Crippen molar-refractivity contribution in [2.75, 3.05) is 27.2 Å². The molecule has 1 fully saturated rings. The molecule has 1 aromatic carbocycles. The summed E-state index contributed by atoms with van der Waals surface area (Å²) in [6, 6.07) is 6.53. The molecule has 2 amide bonds. The number of piperidine rings is 1. The van der Waals surface area contributed by atoms with Crippen molar-refractivity contribution in [3.8, 4) is 5.75 Å². The molecule has 2 aliphatic rings. The third kappa shape index (κ3) is 4.27. The van der Waals surface area contributed by atoms with E-state index in [2.05, 4.69) is 22.5 Å². The first-order chi connectivity index (χ1) is 15.4. The number of carbonyl (C=O) groups is 2. The molecule has 0 atom stereocenters. The summed E-state index contributed by atoms with van der Waals surface area (Å²) < 4.78 is 6.04. The van der Waals surface area contributed by atoms with E-state index in [9.17, 15) is 14.7 Å². The molecule has 0 spiro atoms. The first-order valence-electron chi connectivity index (χ1n) is 11.1. The minimum absolute atomic E-state index is 0.0983. The van der Waals surface area contributed by atoms with Crippen LogP contribution in [0.3, 0.4) is 0 Å². The van der Waals surface area contributed by atoms with E-state index in [1.807, 2.05) is 14.0 Å². The number of nitrogens with one attached hydrogen (secondary N) is 1. The van der Waals surface area contributed by atoms with E-state index in [0.29, 0.717) is 17.9 Å². The number of phenolic OH excluding ortho intramolecular Hbond substituents is 1. The minimum Gasteiger partial charge on any atom is -0.507 e. The zero-order valence-electron chi connectivity index (χ0n) is 18.9. The van der Waals surface area contributed by atoms with Crippen LogP contribution in [-0.4, -0.2) is 65.7 Å². The van der Waals surface area contributed by atoms with Crippen LogP contribution in [-0.2, 0) is 6.42 Å². The van der Waals surface area contributed by atoms with E-state index in [4.69, 9.17) is 4.42 Å². The molecule has 2 N–H and O–H groups in total. The fourth-order valence-corrected chi connectivity index (χ4v) is 4.54. The molecule has 1 aliphatic heterocycles. The Balaban J connectivity index is 1.55. The normalized spacial score (nSPS) is 18.4. The topological polar surface area (TPSA) is 98.4 Å². The molecule has 8 heteroatoms. The summed E-state index contributed by atoms with van der Waals surface area (Å²) in [6.07, 6.45) is 4.12. The van der Waals surface area contributed by atoms with Crippen LogP contribution in [0.4, 0.5) is 0 Å². The van der Waals surface area contributed by atoms with Gasteiger partial charge in [0.15, 0.2) is 5.76 Å². The lowest BCUT2D eigenvalue weighted by Crippen LogP contribution is -2.44. The first-order valence-corrected chi connectivity index (χ1v) is 11.1. The van der Waals surface area contributed by atoms with Crippen LogP contribution < -0.4 is 5.43 Å². The SMILES string of the molecule is Cc1c(C(=O)N(C)C2CCN(C)CC2)oc2c1/C(=N/NC(=O)c1ccccc1O)CCC2. The van der Waals surface area contributed by atoms with Crippen molar-refractivity contribution in [1.29, 1.82) is 0 Å². The summed E-state index contributed by atoms with van der Waals surface area (Å²) in [5, 5.41) is 14.2. The largest absolute Gasteiger partial charge is 0.507 e. The Morgan fingerprint density at radius 2 is 1.94 bits per heavy atom. The minimum atomic E-state index is -0.484. The smallest absolute Gasteiger partial charge is 0.289 e. The van der Waals surface area contributed by atoms with Gasteiger partial charge in [-0.25, -0.2) is 5.43 Å². The highest BCUT2D eigenvalue weighted by Crippen LogP contribution is 2.31. The molecule has 32 heavy (non-hydrogen) atoms. The average Bonchev–Trinajstić information content (AvgIpc) is 3.14. The molecule has 0 unspecified atom stereocenters. The van der Waals surface area contributed by atoms with Crippen LogP contribution in [0.25, 0.3) is 0 Å². The van der Waals surface area contributed by atoms with Gasteiger partial charge in [0.05, 0.1) is 11.3 Å². The number of hydrogen-bond acceptors (Lipinski definition) is 6. The predicted octanol–water partition coefficient (Wildman–Crippen LogP) is 2.93. The summed E-state index contributed by atoms with van der Waals surface area (Å²) in [6.45, 7) is 3.83. The quantitative estimate of drug-likeness (QED) is 0.716. The van der Waals surface area contributed by atoms with Crippen LogP contribution in [0, 0.1) is 6.92 Å². The van der Waals surface area contributed by atoms with Crippen molar-refractivity contribution >= 4 is 17.5 Å². The van der Waals surface area contributed by atoms with Crippen LogP contribution in [0.15, 0.2) is 33.8 Å². The van der Waals surface area contributed by atoms with E-state index < -0.39 is 5.91 Å². The van der Waals surface area contributed by atoms with Crippen LogP contribution in [0.5, 0.6) is 5.75 Å². The fraction of sp³-hybridized carbons (Fsp3) is 0.458. The van der Waals surface area contributed by atoms with Crippen LogP contribution in [0.1, 0.15) is 63.5 Å². The zero-order chi connectivity index (χ0) is 22.8. The Morgan fingerprint density at radius 1 is 1.22 bits per heavy atom. The van der Waals surface area contributed by atoms with Crippen molar-refractivity contribution in [3.05, 3.63) is 52.5 Å². The van der Waals surface area contributed by atoms with Crippen molar-refractivity contribution in [1.82, 2.24) is 15.2 Å². The Labute approximate surface area is 187 Å². The van der Waals surface area contributed by atoms with Crippen molar-refractivity contribution < 1.29 is 19.1 Å². The lowest BCUT2D eigenvalue weighted by Gasteiger charge is -2.34. The van der Waals surface area contributed by atoms with Gasteiger partial charge in [-0.2, -0.15) is 5.10 Å². The number of hydrogen-bond donors (Lipinski definition) is 2. The predicted molar refractivity (Wildman–Crippen MR) is 121 cm³/mol. The molecule has 1 aromatic heterocycles. The molecule has 1 saturated heterocycles. The molecule has 2 heterocycles. The summed E-state index contributed by atoms with van der Waals surface area (Å²) in [5.74, 6) is 0.410. The number of nitrogens with zero attached hydrogens (tertiary/aromatic N) is 3. The van der Waals surface area contributed by atoms with Gasteiger partial charge in [0.2, 0.25) is 0 Å². The Hall–Kier alpha value is -3.13. The number of likely N-dealkylation sites (tertiary alicyclic amines) is 1. The van der Waals surface area contributed by atoms with Gasteiger partial charge in [0.1, 0.15) is 11.5 Å². The van der Waals surface area contributed by atoms with Crippen LogP contribution in [0.2, 0.25) is 0 Å². The summed E-state index contributed by atoms with van der Waals surface area (Å²) in [4.78, 5) is 29.8. The molecular weight excluding hydrogens is 408 g/mol. The number of fused-ring (bicyclic) bond motifs is 1. The average molecular weight is 439 g/mol. The third-order valence-corrected chi connectivity index (χ3v) is 6.52. The van der Waals surface area contributed by atoms with E-state index in [0.717, 1.165) is 55.7 Å². The van der Waals surface area contributed by atoms with Crippen LogP contribution >= 0.6 is 0 Å². The van der Waals surface area contributed by atoms with Gasteiger partial charge in [-0.1, -0.05) is 12.1 Å². The van der Waals surface area contributed by atoms with Gasteiger partial charge in [0.25, 0.3) is 11.8 Å². The highest BCUT2D eigenvalue weighted by Gasteiger charge is 2.32. The number of amides is 2. The number of aromatic hydroxyl groups is 1. The number of rotatable bonds is 4. The van der Waals surface area contributed by atoms with Gasteiger partial charge in [-0.05, 0) is 64.9 Å². The molecule has 0 radical (unpaired) electrons. The Kier molecular flexibility index (Phi) is 6.32. The second-order valence-corrected chi connectivity index (χ2v) is 8.67. The van der Waals surface area contributed by atoms with Crippen molar-refractivity contribution in [3.63, 3.8) is 0 Å². The molecular formula is C24H30N4O4. The third-order valence-electron chi connectivity index (χ3n) is 6.52. The molecule has 0 bridgehead atoms. The Morgan fingerprint density at radius 3 is 2.66 bits per heavy atom. The Bertz CT molecular complexity index is 1050. The van der Waals surface area contributed by atoms with Gasteiger partial charge < -0.3 is 19.3 Å². The van der Waals surface area contributed by atoms with E-state index in [1.54, 1.807) is 17.0 Å². The number of aryl methyl sites for hydroxylation is 1. The highest BCUT2D eigenvalue weighted by molar-refractivity contribution is 6.07. The molecule has 8 nitrogen and oxygen atoms in total. The van der Waals surface area contributed by atoms with Crippen molar-refractivity contribution in [2.24, 2.45) is 5.10 Å². The first kappa shape index (κ1) is 22.1. The molecule has 1 aliphatic carbocycles. The molecule has 170 valence electrons. The lowest BCUT2D eigenvalue weighted by atomic mass is 9.93. The number of phenols is 1. The van der Waals surface area contributed by atoms with Gasteiger partial charge in [0, 0.05) is 30.6 Å². The summed E-state index contributed by atoms with van der Waals surface area (Å²) in [7, 11) is 3.95. The molecule has 4 rings (SSSR count). The zero-order valence-corrected chi connectivity index (χ0v) is 18.9. The molecule has 0 saturated carbocycles. The summed E-state index contributed by atoms with van der Waals surface area (Å²) in [5.41, 5.74) is 4.97. The summed E-state index contributed by atoms with van der Waals surface area (Å²) >= 11 is 0. The fourth-order valence-electron chi connectivity index (χ4n) is 4.54. The number of benzene rings is 1. The van der Waals surface area contributed by atoms with E-state index in [-0.39, 0.29) is 23.3 Å². The highest BCUT2D eigenvalue weighted by atomic mass is 16.4. The maximum absolute atomic E-state index is 13.2. The van der Waals surface area contributed by atoms with Gasteiger partial charge >= 0.3 is 0 Å². The lowest BCUT2D eigenvalue weighted by molar-refractivity contribution is 0.0625. The number of furan rings is 1. The van der Waals surface area contributed by atoms with E-state index >= 15 is 0 Å². The second-order valence-electron chi connectivity index (χ2n) is 8.67. The van der Waals surface area contributed by atoms with E-state index in [1.165, 1.54) is 12.1 Å². The number of hydrazone groups is 1. The number of para-hydroxylation sites is 1. The maximum Gasteiger partial charge on any atom is 0.289 e. The second kappa shape index (κ2) is 9.16. The van der Waals surface area contributed by atoms with Gasteiger partial charge in [-0.3, -0.25) is 9.59 Å². The van der Waals surface area contributed by atoms with Crippen molar-refractivity contribution in [2.45, 2.75) is 45.1 Å².